The summed E-state index contributed by atoms with van der Waals surface area (Å²) in [5.41, 5.74) is 3.50. The van der Waals surface area contributed by atoms with Gasteiger partial charge in [-0.1, -0.05) is 0 Å². The van der Waals surface area contributed by atoms with Crippen molar-refractivity contribution in [2.24, 2.45) is 7.05 Å². The molecule has 0 bridgehead atoms. The van der Waals surface area contributed by atoms with Gasteiger partial charge in [0.1, 0.15) is 12.6 Å². The molecule has 0 saturated carbocycles. The third-order valence-corrected chi connectivity index (χ3v) is 2.81. The molecule has 0 radical (unpaired) electrons. The monoisotopic (exact) mass is 226 g/mol. The quantitative estimate of drug-likeness (QED) is 0.596. The van der Waals surface area contributed by atoms with E-state index >= 15 is 0 Å². The Kier molecular flexibility index (Phi) is 2.14. The second-order valence-electron chi connectivity index (χ2n) is 4.01. The number of pyridine rings is 2. The van der Waals surface area contributed by atoms with Gasteiger partial charge in [-0.3, -0.25) is 0 Å². The van der Waals surface area contributed by atoms with Crippen molar-refractivity contribution in [2.45, 2.75) is 6.92 Å². The molecule has 0 aliphatic carbocycles. The molecule has 3 aromatic heterocycles. The summed E-state index contributed by atoms with van der Waals surface area (Å²) in [5.74, 6) is 0.606. The lowest BCUT2D eigenvalue weighted by atomic mass is 10.2. The lowest BCUT2D eigenvalue weighted by molar-refractivity contribution is -0.677. The first kappa shape index (κ1) is 9.96. The molecule has 0 saturated heterocycles. The standard InChI is InChI=1S/C13H12N3O/c1-9-5-6-10(8-16(9)2)13-15-12-11(17-13)4-3-7-14-12/h3-8H,1-2H3/q+1. The van der Waals surface area contributed by atoms with Crippen LogP contribution in [0.5, 0.6) is 0 Å². The summed E-state index contributed by atoms with van der Waals surface area (Å²) >= 11 is 0. The molecule has 3 aromatic rings. The van der Waals surface area contributed by atoms with Crippen molar-refractivity contribution in [3.05, 3.63) is 42.4 Å². The lowest BCUT2D eigenvalue weighted by Crippen LogP contribution is -2.31. The van der Waals surface area contributed by atoms with Gasteiger partial charge in [0, 0.05) is 19.2 Å². The Bertz CT molecular complexity index is 655. The molecule has 0 fully saturated rings. The molecule has 3 rings (SSSR count). The van der Waals surface area contributed by atoms with E-state index in [2.05, 4.69) is 16.9 Å². The number of oxazole rings is 1. The third kappa shape index (κ3) is 1.67. The predicted octanol–water partition coefficient (Wildman–Crippen LogP) is 2.02. The number of fused-ring (bicyclic) bond motifs is 1. The minimum Gasteiger partial charge on any atom is -0.434 e. The second-order valence-corrected chi connectivity index (χ2v) is 4.01. The van der Waals surface area contributed by atoms with Crippen LogP contribution in [0.15, 0.2) is 41.1 Å². The van der Waals surface area contributed by atoms with Crippen molar-refractivity contribution in [1.82, 2.24) is 9.97 Å². The van der Waals surface area contributed by atoms with Crippen LogP contribution in [-0.2, 0) is 7.05 Å². The van der Waals surface area contributed by atoms with Crippen molar-refractivity contribution in [3.8, 4) is 11.5 Å². The minimum atomic E-state index is 0.606. The van der Waals surface area contributed by atoms with Crippen LogP contribution in [0.25, 0.3) is 22.7 Å². The van der Waals surface area contributed by atoms with Crippen molar-refractivity contribution >= 4 is 11.2 Å². The van der Waals surface area contributed by atoms with E-state index in [4.69, 9.17) is 4.42 Å². The zero-order valence-corrected chi connectivity index (χ0v) is 9.71. The van der Waals surface area contributed by atoms with Gasteiger partial charge >= 0.3 is 0 Å². The maximum atomic E-state index is 5.66. The molecular weight excluding hydrogens is 214 g/mol. The van der Waals surface area contributed by atoms with Gasteiger partial charge in [0.25, 0.3) is 0 Å². The van der Waals surface area contributed by atoms with Crippen molar-refractivity contribution < 1.29 is 8.98 Å². The van der Waals surface area contributed by atoms with Crippen molar-refractivity contribution in [3.63, 3.8) is 0 Å². The Morgan fingerprint density at radius 1 is 1.24 bits per heavy atom. The van der Waals surface area contributed by atoms with Gasteiger partial charge in [-0.15, -0.1) is 0 Å². The topological polar surface area (TPSA) is 42.8 Å². The Morgan fingerprint density at radius 2 is 2.12 bits per heavy atom. The SMILES string of the molecule is Cc1ccc(-c2nc3ncccc3o2)c[n+]1C. The summed E-state index contributed by atoms with van der Waals surface area (Å²) in [6.45, 7) is 2.05. The lowest BCUT2D eigenvalue weighted by Gasteiger charge is -1.95. The van der Waals surface area contributed by atoms with E-state index in [9.17, 15) is 0 Å². The number of aromatic nitrogens is 3. The van der Waals surface area contributed by atoms with Crippen LogP contribution in [0, 0.1) is 6.92 Å². The first-order valence-electron chi connectivity index (χ1n) is 5.42. The zero-order valence-electron chi connectivity index (χ0n) is 9.71. The van der Waals surface area contributed by atoms with Gasteiger partial charge in [0.05, 0.1) is 0 Å². The molecular formula is C13H12N3O+. The van der Waals surface area contributed by atoms with Gasteiger partial charge in [-0.05, 0) is 18.2 Å². The molecule has 4 heteroatoms. The summed E-state index contributed by atoms with van der Waals surface area (Å²) < 4.78 is 7.70. The first-order chi connectivity index (χ1) is 8.24. The van der Waals surface area contributed by atoms with E-state index in [1.807, 2.05) is 42.1 Å². The fourth-order valence-electron chi connectivity index (χ4n) is 1.70. The molecule has 0 atom stereocenters. The molecule has 0 amide bonds. The molecule has 0 aliphatic rings. The minimum absolute atomic E-state index is 0.606. The fraction of sp³-hybridized carbons (Fsp3) is 0.154. The smallest absolute Gasteiger partial charge is 0.234 e. The van der Waals surface area contributed by atoms with Gasteiger partial charge in [-0.2, -0.15) is 4.98 Å². The first-order valence-corrected chi connectivity index (χ1v) is 5.42. The maximum Gasteiger partial charge on any atom is 0.234 e. The number of hydrogen-bond acceptors (Lipinski definition) is 3. The molecule has 0 unspecified atom stereocenters. The third-order valence-electron chi connectivity index (χ3n) is 2.81. The highest BCUT2D eigenvalue weighted by molar-refractivity contribution is 5.71. The van der Waals surface area contributed by atoms with Gasteiger partial charge < -0.3 is 4.42 Å². The maximum absolute atomic E-state index is 5.66. The summed E-state index contributed by atoms with van der Waals surface area (Å²) in [6, 6.07) is 7.75. The van der Waals surface area contributed by atoms with E-state index in [0.29, 0.717) is 17.1 Å². The summed E-state index contributed by atoms with van der Waals surface area (Å²) in [7, 11) is 2.00. The van der Waals surface area contributed by atoms with E-state index in [-0.39, 0.29) is 0 Å². The largest absolute Gasteiger partial charge is 0.434 e. The van der Waals surface area contributed by atoms with Gasteiger partial charge in [0.2, 0.25) is 5.89 Å². The summed E-state index contributed by atoms with van der Waals surface area (Å²) in [4.78, 5) is 8.52. The van der Waals surface area contributed by atoms with Gasteiger partial charge in [-0.25, -0.2) is 9.55 Å². The van der Waals surface area contributed by atoms with Crippen LogP contribution in [0.3, 0.4) is 0 Å². The highest BCUT2D eigenvalue weighted by Crippen LogP contribution is 2.21. The Morgan fingerprint density at radius 3 is 2.88 bits per heavy atom. The van der Waals surface area contributed by atoms with Crippen LogP contribution in [0.1, 0.15) is 5.69 Å². The average Bonchev–Trinajstić information content (AvgIpc) is 2.76. The fourth-order valence-corrected chi connectivity index (χ4v) is 1.70. The molecule has 0 N–H and O–H groups in total. The number of hydrogen-bond donors (Lipinski definition) is 0. The van der Waals surface area contributed by atoms with E-state index in [1.54, 1.807) is 6.20 Å². The van der Waals surface area contributed by atoms with Crippen molar-refractivity contribution in [2.75, 3.05) is 0 Å². The normalized spacial score (nSPS) is 10.9. The molecule has 4 nitrogen and oxygen atoms in total. The molecule has 0 spiro atoms. The number of rotatable bonds is 1. The highest BCUT2D eigenvalue weighted by atomic mass is 16.3. The average molecular weight is 226 g/mol. The van der Waals surface area contributed by atoms with E-state index < -0.39 is 0 Å². The van der Waals surface area contributed by atoms with Crippen LogP contribution >= 0.6 is 0 Å². The highest BCUT2D eigenvalue weighted by Gasteiger charge is 2.12. The van der Waals surface area contributed by atoms with Crippen LogP contribution in [0.2, 0.25) is 0 Å². The second kappa shape index (κ2) is 3.66. The van der Waals surface area contributed by atoms with Crippen LogP contribution in [-0.4, -0.2) is 9.97 Å². The molecule has 0 aromatic carbocycles. The van der Waals surface area contributed by atoms with Crippen molar-refractivity contribution in [1.29, 1.82) is 0 Å². The van der Waals surface area contributed by atoms with Gasteiger partial charge in [0.15, 0.2) is 23.1 Å². The zero-order chi connectivity index (χ0) is 11.8. The van der Waals surface area contributed by atoms with E-state index in [1.165, 1.54) is 5.69 Å². The van der Waals surface area contributed by atoms with Crippen LogP contribution < -0.4 is 4.57 Å². The number of nitrogens with zero attached hydrogens (tertiary/aromatic N) is 3. The molecule has 17 heavy (non-hydrogen) atoms. The molecule has 0 aliphatic heterocycles. The Labute approximate surface area is 98.6 Å². The predicted molar refractivity (Wildman–Crippen MR) is 63.2 cm³/mol. The Hall–Kier alpha value is -2.23. The molecule has 3 heterocycles. The van der Waals surface area contributed by atoms with E-state index in [0.717, 1.165) is 5.56 Å². The summed E-state index contributed by atoms with van der Waals surface area (Å²) in [6.07, 6.45) is 3.71. The Balaban J connectivity index is 2.17. The number of aryl methyl sites for hydroxylation is 2. The molecule has 84 valence electrons. The summed E-state index contributed by atoms with van der Waals surface area (Å²) in [5, 5.41) is 0. The van der Waals surface area contributed by atoms with Crippen LogP contribution in [0.4, 0.5) is 0 Å².